The van der Waals surface area contributed by atoms with E-state index in [0.29, 0.717) is 11.1 Å². The van der Waals surface area contributed by atoms with Gasteiger partial charge < -0.3 is 5.11 Å². The van der Waals surface area contributed by atoms with Crippen LogP contribution in [0.1, 0.15) is 10.4 Å². The van der Waals surface area contributed by atoms with E-state index in [0.717, 1.165) is 4.31 Å². The van der Waals surface area contributed by atoms with Gasteiger partial charge in [-0.05, 0) is 23.8 Å². The summed E-state index contributed by atoms with van der Waals surface area (Å²) in [5.74, 6) is -1.17. The van der Waals surface area contributed by atoms with Crippen LogP contribution >= 0.6 is 11.6 Å². The number of rotatable bonds is 4. The van der Waals surface area contributed by atoms with Crippen LogP contribution in [-0.4, -0.2) is 42.9 Å². The third-order valence-corrected chi connectivity index (χ3v) is 5.04. The number of aromatic carboxylic acids is 1. The number of aromatic nitrogens is 1. The average molecular weight is 341 g/mol. The van der Waals surface area contributed by atoms with Crippen LogP contribution in [-0.2, 0) is 10.0 Å². The number of carboxylic acids is 1. The first-order chi connectivity index (χ1) is 10.2. The minimum Gasteiger partial charge on any atom is -0.478 e. The van der Waals surface area contributed by atoms with E-state index in [1.165, 1.54) is 38.5 Å². The first-order valence-electron chi connectivity index (χ1n) is 6.15. The van der Waals surface area contributed by atoms with Crippen molar-refractivity contribution >= 4 is 27.6 Å². The molecular formula is C14H13ClN2O4S. The highest BCUT2D eigenvalue weighted by Crippen LogP contribution is 2.27. The van der Waals surface area contributed by atoms with Crippen LogP contribution in [0.15, 0.2) is 41.4 Å². The Balaban J connectivity index is 2.64. The van der Waals surface area contributed by atoms with Crippen molar-refractivity contribution in [1.29, 1.82) is 0 Å². The Morgan fingerprint density at radius 2 is 1.95 bits per heavy atom. The Morgan fingerprint density at radius 3 is 2.55 bits per heavy atom. The highest BCUT2D eigenvalue weighted by Gasteiger charge is 2.19. The van der Waals surface area contributed by atoms with Gasteiger partial charge in [0.2, 0.25) is 10.0 Å². The third-order valence-electron chi connectivity index (χ3n) is 3.02. The molecule has 0 saturated heterocycles. The quantitative estimate of drug-likeness (QED) is 0.863. The molecule has 0 aliphatic carbocycles. The number of hydrogen-bond acceptors (Lipinski definition) is 4. The third kappa shape index (κ3) is 3.11. The normalized spacial score (nSPS) is 11.6. The molecule has 0 aliphatic heterocycles. The Bertz CT molecular complexity index is 834. The predicted octanol–water partition coefficient (Wildman–Crippen LogP) is 2.35. The molecule has 2 aromatic rings. The molecule has 0 spiro atoms. The number of nitrogens with zero attached hydrogens (tertiary/aromatic N) is 2. The summed E-state index contributed by atoms with van der Waals surface area (Å²) in [5.41, 5.74) is 0.691. The van der Waals surface area contributed by atoms with E-state index < -0.39 is 16.0 Å². The van der Waals surface area contributed by atoms with Crippen molar-refractivity contribution in [2.24, 2.45) is 0 Å². The van der Waals surface area contributed by atoms with Crippen LogP contribution in [0.3, 0.4) is 0 Å². The number of sulfonamides is 1. The molecule has 22 heavy (non-hydrogen) atoms. The fourth-order valence-electron chi connectivity index (χ4n) is 1.87. The second kappa shape index (κ2) is 6.04. The number of carboxylic acid groups (broad SMARTS) is 1. The number of halogens is 1. The maximum Gasteiger partial charge on any atom is 0.336 e. The molecule has 116 valence electrons. The van der Waals surface area contributed by atoms with E-state index >= 15 is 0 Å². The molecule has 0 radical (unpaired) electrons. The standard InChI is InChI=1S/C14H13ClN2O4S/c1-17(2)22(20,21)10-5-3-4-9(6-10)12-8-16-13(15)7-11(12)14(18)19/h3-8H,1-2H3,(H,18,19). The van der Waals surface area contributed by atoms with Crippen LogP contribution in [0.2, 0.25) is 5.15 Å². The lowest BCUT2D eigenvalue weighted by Gasteiger charge is -2.13. The molecule has 1 aromatic heterocycles. The van der Waals surface area contributed by atoms with Gasteiger partial charge in [0.1, 0.15) is 5.15 Å². The van der Waals surface area contributed by atoms with Crippen molar-refractivity contribution in [2.45, 2.75) is 4.90 Å². The van der Waals surface area contributed by atoms with Gasteiger partial charge in [0.05, 0.1) is 10.5 Å². The topological polar surface area (TPSA) is 87.6 Å². The van der Waals surface area contributed by atoms with E-state index in [2.05, 4.69) is 4.98 Å². The molecule has 8 heteroatoms. The summed E-state index contributed by atoms with van der Waals surface area (Å²) >= 11 is 5.72. The van der Waals surface area contributed by atoms with E-state index in [-0.39, 0.29) is 15.6 Å². The molecule has 1 aromatic carbocycles. The van der Waals surface area contributed by atoms with Gasteiger partial charge in [-0.1, -0.05) is 23.7 Å². The maximum atomic E-state index is 12.2. The molecule has 2 rings (SSSR count). The number of benzene rings is 1. The van der Waals surface area contributed by atoms with Crippen LogP contribution in [0.5, 0.6) is 0 Å². The zero-order valence-corrected chi connectivity index (χ0v) is 13.4. The molecule has 0 aliphatic rings. The fraction of sp³-hybridized carbons (Fsp3) is 0.143. The van der Waals surface area contributed by atoms with Gasteiger partial charge in [0, 0.05) is 25.9 Å². The Labute approximate surface area is 133 Å². The summed E-state index contributed by atoms with van der Waals surface area (Å²) in [4.78, 5) is 15.3. The van der Waals surface area contributed by atoms with E-state index in [1.807, 2.05) is 0 Å². The molecule has 0 unspecified atom stereocenters. The second-order valence-electron chi connectivity index (χ2n) is 4.67. The average Bonchev–Trinajstić information content (AvgIpc) is 2.47. The minimum atomic E-state index is -3.61. The molecular weight excluding hydrogens is 328 g/mol. The van der Waals surface area contributed by atoms with Gasteiger partial charge >= 0.3 is 5.97 Å². The number of pyridine rings is 1. The SMILES string of the molecule is CN(C)S(=O)(=O)c1cccc(-c2cnc(Cl)cc2C(=O)O)c1. The zero-order valence-electron chi connectivity index (χ0n) is 11.8. The van der Waals surface area contributed by atoms with Gasteiger partial charge in [-0.2, -0.15) is 0 Å². The van der Waals surface area contributed by atoms with Gasteiger partial charge in [-0.3, -0.25) is 0 Å². The van der Waals surface area contributed by atoms with Gasteiger partial charge in [0.25, 0.3) is 0 Å². The van der Waals surface area contributed by atoms with Crippen LogP contribution in [0, 0.1) is 0 Å². The zero-order chi connectivity index (χ0) is 16.5. The van der Waals surface area contributed by atoms with Gasteiger partial charge in [-0.25, -0.2) is 22.5 Å². The fourth-order valence-corrected chi connectivity index (χ4v) is 2.98. The Morgan fingerprint density at radius 1 is 1.27 bits per heavy atom. The molecule has 1 heterocycles. The smallest absolute Gasteiger partial charge is 0.336 e. The van der Waals surface area contributed by atoms with Crippen molar-refractivity contribution in [3.8, 4) is 11.1 Å². The summed E-state index contributed by atoms with van der Waals surface area (Å²) in [6.45, 7) is 0. The summed E-state index contributed by atoms with van der Waals surface area (Å²) < 4.78 is 25.4. The van der Waals surface area contributed by atoms with Gasteiger partial charge in [-0.15, -0.1) is 0 Å². The van der Waals surface area contributed by atoms with E-state index in [9.17, 15) is 18.3 Å². The lowest BCUT2D eigenvalue weighted by atomic mass is 10.0. The second-order valence-corrected chi connectivity index (χ2v) is 7.21. The first-order valence-corrected chi connectivity index (χ1v) is 7.97. The summed E-state index contributed by atoms with van der Waals surface area (Å²) in [7, 11) is -0.759. The first kappa shape index (κ1) is 16.4. The van der Waals surface area contributed by atoms with Crippen LogP contribution in [0.25, 0.3) is 11.1 Å². The van der Waals surface area contributed by atoms with Crippen LogP contribution < -0.4 is 0 Å². The number of carbonyl (C=O) groups is 1. The summed E-state index contributed by atoms with van der Waals surface area (Å²) in [5, 5.41) is 9.31. The Hall–Kier alpha value is -1.96. The lowest BCUT2D eigenvalue weighted by molar-refractivity contribution is 0.0697. The van der Waals surface area contributed by atoms with Crippen molar-refractivity contribution in [1.82, 2.24) is 9.29 Å². The molecule has 0 amide bonds. The van der Waals surface area contributed by atoms with Crippen molar-refractivity contribution in [3.63, 3.8) is 0 Å². The van der Waals surface area contributed by atoms with Crippen molar-refractivity contribution in [2.75, 3.05) is 14.1 Å². The molecule has 6 nitrogen and oxygen atoms in total. The summed E-state index contributed by atoms with van der Waals surface area (Å²) in [6, 6.07) is 7.25. The van der Waals surface area contributed by atoms with E-state index in [1.54, 1.807) is 12.1 Å². The van der Waals surface area contributed by atoms with Crippen molar-refractivity contribution in [3.05, 3.63) is 47.2 Å². The van der Waals surface area contributed by atoms with Gasteiger partial charge in [0.15, 0.2) is 0 Å². The van der Waals surface area contributed by atoms with Crippen LogP contribution in [0.4, 0.5) is 0 Å². The molecule has 0 atom stereocenters. The highest BCUT2D eigenvalue weighted by atomic mass is 35.5. The van der Waals surface area contributed by atoms with E-state index in [4.69, 9.17) is 11.6 Å². The maximum absolute atomic E-state index is 12.2. The molecule has 1 N–H and O–H groups in total. The predicted molar refractivity (Wildman–Crippen MR) is 82.5 cm³/mol. The summed E-state index contributed by atoms with van der Waals surface area (Å²) in [6.07, 6.45) is 1.31. The molecule has 0 fully saturated rings. The minimum absolute atomic E-state index is 0.0422. The lowest BCUT2D eigenvalue weighted by Crippen LogP contribution is -2.22. The monoisotopic (exact) mass is 340 g/mol. The Kier molecular flexibility index (Phi) is 4.50. The highest BCUT2D eigenvalue weighted by molar-refractivity contribution is 7.89. The largest absolute Gasteiger partial charge is 0.478 e. The molecule has 0 bridgehead atoms. The number of hydrogen-bond donors (Lipinski definition) is 1. The van der Waals surface area contributed by atoms with Crippen molar-refractivity contribution < 1.29 is 18.3 Å². The molecule has 0 saturated carbocycles.